The maximum absolute atomic E-state index is 12.2. The summed E-state index contributed by atoms with van der Waals surface area (Å²) in [5.74, 6) is -0.585. The first-order valence-corrected chi connectivity index (χ1v) is 8.35. The van der Waals surface area contributed by atoms with Crippen molar-refractivity contribution in [3.63, 3.8) is 0 Å². The maximum Gasteiger partial charge on any atom is 0.363 e. The average molecular weight is 379 g/mol. The number of aliphatic imine (C=N–C) groups is 1. The van der Waals surface area contributed by atoms with Crippen molar-refractivity contribution in [1.82, 2.24) is 0 Å². The smallest absolute Gasteiger partial charge is 0.363 e. The summed E-state index contributed by atoms with van der Waals surface area (Å²) < 4.78 is 5.21. The zero-order valence-corrected chi connectivity index (χ0v) is 14.5. The molecule has 0 aliphatic carbocycles. The van der Waals surface area contributed by atoms with Gasteiger partial charge in [0.15, 0.2) is 5.70 Å². The summed E-state index contributed by atoms with van der Waals surface area (Å²) in [6, 6.07) is 17.4. The van der Waals surface area contributed by atoms with Crippen molar-refractivity contribution in [1.29, 1.82) is 0 Å². The summed E-state index contributed by atoms with van der Waals surface area (Å²) in [5, 5.41) is 12.9. The van der Waals surface area contributed by atoms with Crippen molar-refractivity contribution in [2.24, 2.45) is 4.99 Å². The minimum Gasteiger partial charge on any atom is -0.402 e. The number of ether oxygens (including phenoxy) is 1. The number of nitrogens with zero attached hydrogens (tertiary/aromatic N) is 2. The number of halogens is 1. The molecule has 3 aromatic rings. The van der Waals surface area contributed by atoms with E-state index >= 15 is 0 Å². The highest BCUT2D eigenvalue weighted by atomic mass is 35.5. The molecular weight excluding hydrogens is 368 g/mol. The Morgan fingerprint density at radius 3 is 2.63 bits per heavy atom. The maximum atomic E-state index is 12.2. The van der Waals surface area contributed by atoms with Crippen LogP contribution in [-0.2, 0) is 9.53 Å². The Hall–Kier alpha value is -3.51. The molecule has 6 nitrogen and oxygen atoms in total. The van der Waals surface area contributed by atoms with E-state index in [-0.39, 0.29) is 22.3 Å². The van der Waals surface area contributed by atoms with E-state index in [2.05, 4.69) is 4.99 Å². The van der Waals surface area contributed by atoms with E-state index in [0.29, 0.717) is 5.56 Å². The predicted molar refractivity (Wildman–Crippen MR) is 103 cm³/mol. The molecule has 0 radical (unpaired) electrons. The van der Waals surface area contributed by atoms with Crippen LogP contribution in [0.1, 0.15) is 11.1 Å². The standard InChI is InChI=1S/C20H11ClN2O4/c21-17-11-14(23(25)26)8-9-16(17)19-22-18(20(24)27-19)10-13-6-3-5-12-4-1-2-7-15(12)13/h1-11H/b18-10-. The summed E-state index contributed by atoms with van der Waals surface area (Å²) in [7, 11) is 0. The van der Waals surface area contributed by atoms with Gasteiger partial charge in [0.05, 0.1) is 15.5 Å². The molecule has 132 valence electrons. The number of nitro groups is 1. The second-order valence-electron chi connectivity index (χ2n) is 5.83. The highest BCUT2D eigenvalue weighted by molar-refractivity contribution is 6.34. The van der Waals surface area contributed by atoms with E-state index in [0.717, 1.165) is 16.3 Å². The molecule has 0 aromatic heterocycles. The summed E-state index contributed by atoms with van der Waals surface area (Å²) in [6.07, 6.45) is 1.65. The number of esters is 1. The molecule has 0 bridgehead atoms. The number of carbonyl (C=O) groups excluding carboxylic acids is 1. The third-order valence-electron chi connectivity index (χ3n) is 4.13. The second-order valence-corrected chi connectivity index (χ2v) is 6.23. The van der Waals surface area contributed by atoms with Crippen molar-refractivity contribution in [2.75, 3.05) is 0 Å². The van der Waals surface area contributed by atoms with Gasteiger partial charge in [0.1, 0.15) is 0 Å². The Kier molecular flexibility index (Phi) is 4.18. The minimum atomic E-state index is -0.604. The molecular formula is C20H11ClN2O4. The number of nitro benzene ring substituents is 1. The Balaban J connectivity index is 1.75. The Bertz CT molecular complexity index is 1160. The van der Waals surface area contributed by atoms with Crippen LogP contribution in [0.3, 0.4) is 0 Å². The summed E-state index contributed by atoms with van der Waals surface area (Å²) in [6.45, 7) is 0. The lowest BCUT2D eigenvalue weighted by atomic mass is 10.0. The van der Waals surface area contributed by atoms with Crippen LogP contribution < -0.4 is 0 Å². The van der Waals surface area contributed by atoms with E-state index < -0.39 is 10.9 Å². The highest BCUT2D eigenvalue weighted by Crippen LogP contribution is 2.28. The third-order valence-corrected chi connectivity index (χ3v) is 4.44. The van der Waals surface area contributed by atoms with E-state index in [1.165, 1.54) is 18.2 Å². The third kappa shape index (κ3) is 3.18. The van der Waals surface area contributed by atoms with Gasteiger partial charge in [-0.05, 0) is 28.5 Å². The Morgan fingerprint density at radius 2 is 1.85 bits per heavy atom. The van der Waals surface area contributed by atoms with Crippen LogP contribution in [0, 0.1) is 10.1 Å². The largest absolute Gasteiger partial charge is 0.402 e. The number of hydrogen-bond acceptors (Lipinski definition) is 5. The molecule has 0 spiro atoms. The van der Waals surface area contributed by atoms with E-state index in [4.69, 9.17) is 16.3 Å². The van der Waals surface area contributed by atoms with Crippen LogP contribution in [0.5, 0.6) is 0 Å². The Labute approximate surface area is 158 Å². The summed E-state index contributed by atoms with van der Waals surface area (Å²) in [4.78, 5) is 26.7. The fourth-order valence-electron chi connectivity index (χ4n) is 2.84. The number of non-ortho nitro benzene ring substituents is 1. The fraction of sp³-hybridized carbons (Fsp3) is 0. The molecule has 4 rings (SSSR count). The number of hydrogen-bond donors (Lipinski definition) is 0. The second kappa shape index (κ2) is 6.66. The van der Waals surface area contributed by atoms with E-state index in [1.54, 1.807) is 6.08 Å². The van der Waals surface area contributed by atoms with Gasteiger partial charge in [0, 0.05) is 12.1 Å². The zero-order chi connectivity index (χ0) is 19.0. The van der Waals surface area contributed by atoms with Crippen LogP contribution in [0.15, 0.2) is 71.4 Å². The molecule has 0 fully saturated rings. The van der Waals surface area contributed by atoms with Gasteiger partial charge in [-0.15, -0.1) is 0 Å². The molecule has 0 unspecified atom stereocenters. The van der Waals surface area contributed by atoms with Gasteiger partial charge in [0.25, 0.3) is 5.69 Å². The lowest BCUT2D eigenvalue weighted by molar-refractivity contribution is -0.384. The first-order chi connectivity index (χ1) is 13.0. The van der Waals surface area contributed by atoms with Crippen LogP contribution in [0.4, 0.5) is 5.69 Å². The molecule has 27 heavy (non-hydrogen) atoms. The SMILES string of the molecule is O=C1OC(c2ccc([N+](=O)[O-])cc2Cl)=N/C1=C\c1cccc2ccccc12. The van der Waals surface area contributed by atoms with Crippen LogP contribution in [-0.4, -0.2) is 16.8 Å². The average Bonchev–Trinajstić information content (AvgIpc) is 3.02. The molecule has 1 aliphatic heterocycles. The first kappa shape index (κ1) is 16.9. The molecule has 1 heterocycles. The molecule has 0 amide bonds. The number of carbonyl (C=O) groups is 1. The van der Waals surface area contributed by atoms with Gasteiger partial charge in [-0.1, -0.05) is 54.1 Å². The van der Waals surface area contributed by atoms with Gasteiger partial charge in [-0.2, -0.15) is 0 Å². The molecule has 0 saturated heterocycles. The molecule has 1 aliphatic rings. The Morgan fingerprint density at radius 1 is 1.07 bits per heavy atom. The number of benzene rings is 3. The van der Waals surface area contributed by atoms with Crippen molar-refractivity contribution in [3.8, 4) is 0 Å². The normalized spacial score (nSPS) is 15.1. The van der Waals surface area contributed by atoms with Gasteiger partial charge >= 0.3 is 5.97 Å². The van der Waals surface area contributed by atoms with E-state index in [1.807, 2.05) is 42.5 Å². The topological polar surface area (TPSA) is 81.8 Å². The van der Waals surface area contributed by atoms with Crippen molar-refractivity contribution in [3.05, 3.63) is 92.6 Å². The fourth-order valence-corrected chi connectivity index (χ4v) is 3.09. The van der Waals surface area contributed by atoms with Crippen LogP contribution >= 0.6 is 11.6 Å². The van der Waals surface area contributed by atoms with E-state index in [9.17, 15) is 14.9 Å². The molecule has 0 saturated carbocycles. The summed E-state index contributed by atoms with van der Waals surface area (Å²) in [5.41, 5.74) is 1.13. The number of cyclic esters (lactones) is 1. The number of fused-ring (bicyclic) bond motifs is 1. The molecule has 0 atom stereocenters. The summed E-state index contributed by atoms with van der Waals surface area (Å²) >= 11 is 6.09. The first-order valence-electron chi connectivity index (χ1n) is 7.97. The predicted octanol–water partition coefficient (Wildman–Crippen LogP) is 4.75. The molecule has 7 heteroatoms. The van der Waals surface area contributed by atoms with Gasteiger partial charge in [0.2, 0.25) is 5.90 Å². The van der Waals surface area contributed by atoms with Crippen molar-refractivity contribution in [2.45, 2.75) is 0 Å². The lowest BCUT2D eigenvalue weighted by Crippen LogP contribution is -2.06. The molecule has 3 aromatic carbocycles. The lowest BCUT2D eigenvalue weighted by Gasteiger charge is -2.02. The minimum absolute atomic E-state index is 0.0198. The monoisotopic (exact) mass is 378 g/mol. The zero-order valence-electron chi connectivity index (χ0n) is 13.8. The quantitative estimate of drug-likeness (QED) is 0.285. The van der Waals surface area contributed by atoms with Gasteiger partial charge in [-0.3, -0.25) is 10.1 Å². The molecule has 0 N–H and O–H groups in total. The highest BCUT2D eigenvalue weighted by Gasteiger charge is 2.26. The van der Waals surface area contributed by atoms with Crippen LogP contribution in [0.25, 0.3) is 16.8 Å². The van der Waals surface area contributed by atoms with Crippen molar-refractivity contribution >= 4 is 46.0 Å². The van der Waals surface area contributed by atoms with Gasteiger partial charge < -0.3 is 4.74 Å². The number of rotatable bonds is 3. The van der Waals surface area contributed by atoms with Gasteiger partial charge in [-0.25, -0.2) is 9.79 Å². The van der Waals surface area contributed by atoms with Crippen LogP contribution in [0.2, 0.25) is 5.02 Å². The van der Waals surface area contributed by atoms with Crippen molar-refractivity contribution < 1.29 is 14.5 Å².